The molecule has 0 unspecified atom stereocenters. The van der Waals surface area contributed by atoms with E-state index in [9.17, 15) is 9.59 Å². The van der Waals surface area contributed by atoms with Gasteiger partial charge in [0.15, 0.2) is 10.2 Å². The molecule has 0 radical (unpaired) electrons. The molecule has 3 rings (SSSR count). The minimum absolute atomic E-state index is 0.0760. The van der Waals surface area contributed by atoms with Crippen molar-refractivity contribution in [1.29, 1.82) is 0 Å². The Hall–Kier alpha value is -1.38. The van der Waals surface area contributed by atoms with Gasteiger partial charge in [0.05, 0.1) is 0 Å². The maximum Gasteiger partial charge on any atom is 0.229 e. The van der Waals surface area contributed by atoms with E-state index in [1.165, 1.54) is 0 Å². The zero-order valence-corrected chi connectivity index (χ0v) is 24.0. The molecule has 6 nitrogen and oxygen atoms in total. The lowest BCUT2D eigenvalue weighted by Crippen LogP contribution is -2.55. The van der Waals surface area contributed by atoms with Gasteiger partial charge in [-0.2, -0.15) is 0 Å². The van der Waals surface area contributed by atoms with Gasteiger partial charge in [-0.15, -0.1) is 0 Å². The zero-order chi connectivity index (χ0) is 24.2. The average molecular weight is 706 g/mol. The summed E-state index contributed by atoms with van der Waals surface area (Å²) < 4.78 is 2.23. The van der Waals surface area contributed by atoms with E-state index < -0.39 is 0 Å². The number of thiocarbonyl (C=S) groups is 2. The molecule has 0 aliphatic heterocycles. The van der Waals surface area contributed by atoms with Crippen LogP contribution in [-0.2, 0) is 9.59 Å². The molecule has 2 atom stereocenters. The van der Waals surface area contributed by atoms with Crippen LogP contribution in [0.2, 0.25) is 0 Å². The van der Waals surface area contributed by atoms with E-state index in [-0.39, 0.29) is 39.3 Å². The highest BCUT2D eigenvalue weighted by molar-refractivity contribution is 14.1. The van der Waals surface area contributed by atoms with Crippen LogP contribution in [-0.4, -0.2) is 22.0 Å². The molecule has 2 aromatic carbocycles. The van der Waals surface area contributed by atoms with Gasteiger partial charge in [-0.05, 0) is 136 Å². The summed E-state index contributed by atoms with van der Waals surface area (Å²) in [4.78, 5) is 25.3. The third kappa shape index (κ3) is 7.30. The van der Waals surface area contributed by atoms with E-state index in [2.05, 4.69) is 66.4 Å². The van der Waals surface area contributed by atoms with Crippen LogP contribution < -0.4 is 21.3 Å². The van der Waals surface area contributed by atoms with E-state index >= 15 is 0 Å². The molecule has 1 aliphatic rings. The molecular formula is C23H24I2N4O2S2. The first kappa shape index (κ1) is 26.2. The molecule has 0 bridgehead atoms. The van der Waals surface area contributed by atoms with Gasteiger partial charge in [0.1, 0.15) is 0 Å². The predicted octanol–water partition coefficient (Wildman–Crippen LogP) is 5.27. The Kier molecular flexibility index (Phi) is 9.03. The largest absolute Gasteiger partial charge is 0.332 e. The van der Waals surface area contributed by atoms with Gasteiger partial charge in [0, 0.05) is 30.9 Å². The SMILES string of the molecule is CC1(C)[C@H](CC(=O)NC(=S)Nc2ccc(I)cc2)C[C@H]1C(=O)NC(=S)Nc1ccc(I)cc1. The van der Waals surface area contributed by atoms with Crippen molar-refractivity contribution in [3.63, 3.8) is 0 Å². The Morgan fingerprint density at radius 2 is 1.33 bits per heavy atom. The van der Waals surface area contributed by atoms with Crippen molar-refractivity contribution in [2.24, 2.45) is 17.3 Å². The van der Waals surface area contributed by atoms with Crippen molar-refractivity contribution in [3.05, 3.63) is 55.7 Å². The molecule has 33 heavy (non-hydrogen) atoms. The third-order valence-electron chi connectivity index (χ3n) is 5.91. The lowest BCUT2D eigenvalue weighted by atomic mass is 9.53. The molecule has 1 saturated carbocycles. The van der Waals surface area contributed by atoms with Gasteiger partial charge < -0.3 is 21.3 Å². The molecule has 0 saturated heterocycles. The number of carbonyl (C=O) groups is 2. The number of carbonyl (C=O) groups excluding carboxylic acids is 2. The van der Waals surface area contributed by atoms with Crippen LogP contribution in [0.5, 0.6) is 0 Å². The van der Waals surface area contributed by atoms with Crippen molar-refractivity contribution in [3.8, 4) is 0 Å². The summed E-state index contributed by atoms with van der Waals surface area (Å²) in [6, 6.07) is 15.4. The van der Waals surface area contributed by atoms with Crippen LogP contribution in [0.15, 0.2) is 48.5 Å². The van der Waals surface area contributed by atoms with Gasteiger partial charge in [-0.1, -0.05) is 13.8 Å². The average Bonchev–Trinajstić information content (AvgIpc) is 2.74. The molecule has 4 N–H and O–H groups in total. The summed E-state index contributed by atoms with van der Waals surface area (Å²) in [6.07, 6.45) is 0.923. The van der Waals surface area contributed by atoms with Gasteiger partial charge in [-0.3, -0.25) is 9.59 Å². The van der Waals surface area contributed by atoms with Crippen molar-refractivity contribution in [2.45, 2.75) is 26.7 Å². The van der Waals surface area contributed by atoms with E-state index in [0.717, 1.165) is 18.5 Å². The summed E-state index contributed by atoms with van der Waals surface area (Å²) in [5.74, 6) is -0.433. The number of rotatable bonds is 5. The highest BCUT2D eigenvalue weighted by Crippen LogP contribution is 2.52. The van der Waals surface area contributed by atoms with E-state index in [1.807, 2.05) is 62.4 Å². The van der Waals surface area contributed by atoms with Crippen LogP contribution in [0.1, 0.15) is 26.7 Å². The molecule has 1 fully saturated rings. The first-order valence-electron chi connectivity index (χ1n) is 10.3. The highest BCUT2D eigenvalue weighted by Gasteiger charge is 2.52. The lowest BCUT2D eigenvalue weighted by Gasteiger charge is -2.51. The Morgan fingerprint density at radius 1 is 0.879 bits per heavy atom. The minimum atomic E-state index is -0.328. The Balaban J connectivity index is 1.45. The van der Waals surface area contributed by atoms with Crippen LogP contribution in [0.4, 0.5) is 11.4 Å². The Morgan fingerprint density at radius 3 is 1.79 bits per heavy atom. The smallest absolute Gasteiger partial charge is 0.229 e. The number of anilines is 2. The van der Waals surface area contributed by atoms with Crippen molar-refractivity contribution < 1.29 is 9.59 Å². The van der Waals surface area contributed by atoms with E-state index in [1.54, 1.807) is 0 Å². The second-order valence-corrected chi connectivity index (χ2v) is 11.8. The minimum Gasteiger partial charge on any atom is -0.332 e. The number of benzene rings is 2. The summed E-state index contributed by atoms with van der Waals surface area (Å²) in [5, 5.41) is 12.1. The molecule has 0 heterocycles. The second-order valence-electron chi connectivity index (χ2n) is 8.47. The second kappa shape index (κ2) is 11.4. The van der Waals surface area contributed by atoms with Gasteiger partial charge in [-0.25, -0.2) is 0 Å². The molecule has 174 valence electrons. The summed E-state index contributed by atoms with van der Waals surface area (Å²) >= 11 is 15.0. The van der Waals surface area contributed by atoms with Gasteiger partial charge in [0.25, 0.3) is 0 Å². The normalized spacial score (nSPS) is 18.4. The van der Waals surface area contributed by atoms with Gasteiger partial charge >= 0.3 is 0 Å². The topological polar surface area (TPSA) is 82.3 Å². The number of hydrogen-bond donors (Lipinski definition) is 4. The zero-order valence-electron chi connectivity index (χ0n) is 18.1. The number of halogens is 2. The fraction of sp³-hybridized carbons (Fsp3) is 0.304. The van der Waals surface area contributed by atoms with Crippen LogP contribution >= 0.6 is 69.6 Å². The standard InChI is InChI=1S/C23H24I2N4O2S2/c1-23(2)13(12-19(30)28-21(32)26-16-7-3-14(24)4-8-16)11-18(23)20(31)29-22(33)27-17-9-5-15(25)6-10-17/h3-10,13,18H,11-12H2,1-2H3,(H2,26,28,30,32)(H2,27,29,31,33)/t13-,18-/m0/s1. The fourth-order valence-electron chi connectivity index (χ4n) is 3.80. The van der Waals surface area contributed by atoms with Crippen molar-refractivity contribution in [2.75, 3.05) is 10.6 Å². The first-order valence-corrected chi connectivity index (χ1v) is 13.3. The van der Waals surface area contributed by atoms with Crippen LogP contribution in [0, 0.1) is 24.4 Å². The lowest BCUT2D eigenvalue weighted by molar-refractivity contribution is -0.143. The number of hydrogen-bond acceptors (Lipinski definition) is 4. The molecule has 0 aromatic heterocycles. The molecule has 10 heteroatoms. The Labute approximate surface area is 231 Å². The fourth-order valence-corrected chi connectivity index (χ4v) is 4.97. The molecule has 2 aromatic rings. The van der Waals surface area contributed by atoms with Crippen molar-refractivity contribution >= 4 is 103 Å². The predicted molar refractivity (Wildman–Crippen MR) is 157 cm³/mol. The van der Waals surface area contributed by atoms with Crippen LogP contribution in [0.25, 0.3) is 0 Å². The van der Waals surface area contributed by atoms with E-state index in [0.29, 0.717) is 12.8 Å². The third-order valence-corrected chi connectivity index (χ3v) is 7.76. The summed E-state index contributed by atoms with van der Waals surface area (Å²) in [7, 11) is 0. The van der Waals surface area contributed by atoms with Gasteiger partial charge in [0.2, 0.25) is 11.8 Å². The number of nitrogens with one attached hydrogen (secondary N) is 4. The van der Waals surface area contributed by atoms with E-state index in [4.69, 9.17) is 24.4 Å². The van der Waals surface area contributed by atoms with Crippen LogP contribution in [0.3, 0.4) is 0 Å². The molecular weight excluding hydrogens is 682 g/mol. The first-order chi connectivity index (χ1) is 15.5. The molecule has 1 aliphatic carbocycles. The van der Waals surface area contributed by atoms with Crippen molar-refractivity contribution in [1.82, 2.24) is 10.6 Å². The highest BCUT2D eigenvalue weighted by atomic mass is 127. The quantitative estimate of drug-likeness (QED) is 0.251. The monoisotopic (exact) mass is 706 g/mol. The molecule has 2 amide bonds. The summed E-state index contributed by atoms with van der Waals surface area (Å²) in [5.41, 5.74) is 1.31. The maximum absolute atomic E-state index is 12.8. The molecule has 0 spiro atoms. The maximum atomic E-state index is 12.8. The number of amides is 2. The summed E-state index contributed by atoms with van der Waals surface area (Å²) in [6.45, 7) is 4.02. The Bertz CT molecular complexity index is 1060.